The summed E-state index contributed by atoms with van der Waals surface area (Å²) in [5.74, 6) is 0.229. The molecular weight excluding hydrogens is 408 g/mol. The van der Waals surface area contributed by atoms with Gasteiger partial charge in [-0.3, -0.25) is 4.79 Å². The number of hydrogen-bond donors (Lipinski definition) is 1. The fourth-order valence-electron chi connectivity index (χ4n) is 3.92. The van der Waals surface area contributed by atoms with E-state index in [1.165, 1.54) is 15.6 Å². The molecule has 4 rings (SSSR count). The van der Waals surface area contributed by atoms with Crippen LogP contribution in [0.1, 0.15) is 37.1 Å². The fourth-order valence-corrected chi connectivity index (χ4v) is 6.58. The first kappa shape index (κ1) is 20.1. The van der Waals surface area contributed by atoms with E-state index in [-0.39, 0.29) is 24.4 Å². The van der Waals surface area contributed by atoms with Crippen LogP contribution >= 0.6 is 11.3 Å². The van der Waals surface area contributed by atoms with Crippen LogP contribution < -0.4 is 5.32 Å². The summed E-state index contributed by atoms with van der Waals surface area (Å²) >= 11 is 1.20. The summed E-state index contributed by atoms with van der Waals surface area (Å²) in [4.78, 5) is 12.9. The van der Waals surface area contributed by atoms with Gasteiger partial charge in [-0.15, -0.1) is 11.3 Å². The molecule has 154 valence electrons. The number of para-hydroxylation sites is 1. The zero-order chi connectivity index (χ0) is 20.6. The minimum atomic E-state index is -3.54. The number of benzene rings is 1. The van der Waals surface area contributed by atoms with Gasteiger partial charge in [0.05, 0.1) is 12.0 Å². The Bertz CT molecular complexity index is 1120. The molecule has 2 aromatic heterocycles. The Balaban J connectivity index is 1.47. The Hall–Kier alpha value is -2.16. The van der Waals surface area contributed by atoms with Crippen LogP contribution in [0.4, 0.5) is 0 Å². The van der Waals surface area contributed by atoms with Gasteiger partial charge in [-0.2, -0.15) is 4.31 Å². The van der Waals surface area contributed by atoms with Crippen LogP contribution in [0.25, 0.3) is 11.0 Å². The SMILES string of the molecule is Cc1c(C(C)NC(=O)C2CCCN(S(=O)(=O)c3cccs3)C2)oc2ccccc12. The van der Waals surface area contributed by atoms with Gasteiger partial charge in [0.15, 0.2) is 0 Å². The lowest BCUT2D eigenvalue weighted by Gasteiger charge is -2.31. The molecule has 1 aliphatic heterocycles. The van der Waals surface area contributed by atoms with Gasteiger partial charge < -0.3 is 9.73 Å². The molecule has 6 nitrogen and oxygen atoms in total. The molecule has 2 atom stereocenters. The van der Waals surface area contributed by atoms with Crippen LogP contribution in [0.2, 0.25) is 0 Å². The number of hydrogen-bond acceptors (Lipinski definition) is 5. The van der Waals surface area contributed by atoms with Gasteiger partial charge in [-0.25, -0.2) is 8.42 Å². The van der Waals surface area contributed by atoms with Crippen molar-refractivity contribution in [1.29, 1.82) is 0 Å². The molecule has 0 spiro atoms. The van der Waals surface area contributed by atoms with Crippen LogP contribution in [0.15, 0.2) is 50.4 Å². The van der Waals surface area contributed by atoms with Gasteiger partial charge in [0.2, 0.25) is 5.91 Å². The molecule has 29 heavy (non-hydrogen) atoms. The Kier molecular flexibility index (Phi) is 5.50. The first-order chi connectivity index (χ1) is 13.9. The fraction of sp³-hybridized carbons (Fsp3) is 0.381. The number of nitrogens with zero attached hydrogens (tertiary/aromatic N) is 1. The number of nitrogens with one attached hydrogen (secondary N) is 1. The average molecular weight is 433 g/mol. The smallest absolute Gasteiger partial charge is 0.252 e. The van der Waals surface area contributed by atoms with E-state index >= 15 is 0 Å². The molecule has 1 amide bonds. The number of piperidine rings is 1. The molecule has 2 unspecified atom stereocenters. The zero-order valence-electron chi connectivity index (χ0n) is 16.4. The summed E-state index contributed by atoms with van der Waals surface area (Å²) in [6.07, 6.45) is 1.34. The van der Waals surface area contributed by atoms with Crippen molar-refractivity contribution in [3.05, 3.63) is 53.1 Å². The normalized spacial score (nSPS) is 19.3. The maximum Gasteiger partial charge on any atom is 0.252 e. The summed E-state index contributed by atoms with van der Waals surface area (Å²) in [5, 5.41) is 5.81. The van der Waals surface area contributed by atoms with Crippen molar-refractivity contribution in [3.8, 4) is 0 Å². The second kappa shape index (κ2) is 7.93. The highest BCUT2D eigenvalue weighted by Crippen LogP contribution is 2.30. The Morgan fingerprint density at radius 3 is 2.79 bits per heavy atom. The topological polar surface area (TPSA) is 79.6 Å². The molecule has 1 aromatic carbocycles. The van der Waals surface area contributed by atoms with E-state index in [1.807, 2.05) is 38.1 Å². The van der Waals surface area contributed by atoms with Crippen LogP contribution in [0.5, 0.6) is 0 Å². The Morgan fingerprint density at radius 1 is 1.28 bits per heavy atom. The van der Waals surface area contributed by atoms with Gasteiger partial charge in [0, 0.05) is 24.0 Å². The van der Waals surface area contributed by atoms with Gasteiger partial charge in [-0.05, 0) is 44.2 Å². The van der Waals surface area contributed by atoms with Gasteiger partial charge in [0.1, 0.15) is 15.6 Å². The summed E-state index contributed by atoms with van der Waals surface area (Å²) in [6, 6.07) is 10.8. The minimum absolute atomic E-state index is 0.136. The lowest BCUT2D eigenvalue weighted by molar-refractivity contribution is -0.126. The molecule has 0 radical (unpaired) electrons. The van der Waals surface area contributed by atoms with E-state index < -0.39 is 10.0 Å². The second-order valence-corrected chi connectivity index (χ2v) is 10.6. The van der Waals surface area contributed by atoms with Crippen molar-refractivity contribution >= 4 is 38.2 Å². The van der Waals surface area contributed by atoms with E-state index in [9.17, 15) is 13.2 Å². The van der Waals surface area contributed by atoms with Gasteiger partial charge in [-0.1, -0.05) is 24.3 Å². The molecule has 1 N–H and O–H groups in total. The van der Waals surface area contributed by atoms with Crippen molar-refractivity contribution in [1.82, 2.24) is 9.62 Å². The third-order valence-corrected chi connectivity index (χ3v) is 8.71. The lowest BCUT2D eigenvalue weighted by atomic mass is 9.98. The van der Waals surface area contributed by atoms with E-state index in [0.717, 1.165) is 22.3 Å². The van der Waals surface area contributed by atoms with Crippen molar-refractivity contribution in [2.45, 2.75) is 36.9 Å². The predicted molar refractivity (Wildman–Crippen MR) is 113 cm³/mol. The minimum Gasteiger partial charge on any atom is -0.459 e. The van der Waals surface area contributed by atoms with Crippen LogP contribution in [-0.2, 0) is 14.8 Å². The van der Waals surface area contributed by atoms with Crippen LogP contribution in [0, 0.1) is 12.8 Å². The van der Waals surface area contributed by atoms with Crippen LogP contribution in [-0.4, -0.2) is 31.7 Å². The average Bonchev–Trinajstić information content (AvgIpc) is 3.37. The molecule has 1 aliphatic rings. The highest BCUT2D eigenvalue weighted by molar-refractivity contribution is 7.91. The third-order valence-electron chi connectivity index (χ3n) is 5.48. The van der Waals surface area contributed by atoms with Gasteiger partial charge in [0.25, 0.3) is 10.0 Å². The molecule has 8 heteroatoms. The molecule has 0 aliphatic carbocycles. The monoisotopic (exact) mass is 432 g/mol. The second-order valence-electron chi connectivity index (χ2n) is 7.45. The molecular formula is C21H24N2O4S2. The highest BCUT2D eigenvalue weighted by Gasteiger charge is 2.34. The number of carbonyl (C=O) groups excluding carboxylic acids is 1. The number of fused-ring (bicyclic) bond motifs is 1. The molecule has 1 fully saturated rings. The summed E-state index contributed by atoms with van der Waals surface area (Å²) in [5.41, 5.74) is 1.81. The standard InChI is InChI=1S/C21H24N2O4S2/c1-14-17-8-3-4-9-18(17)27-20(14)15(2)22-21(24)16-7-5-11-23(13-16)29(25,26)19-10-6-12-28-19/h3-4,6,8-10,12,15-16H,5,7,11,13H2,1-2H3,(H,22,24). The number of carbonyl (C=O) groups is 1. The quantitative estimate of drug-likeness (QED) is 0.659. The molecule has 1 saturated heterocycles. The molecule has 0 saturated carbocycles. The molecule has 3 heterocycles. The molecule has 0 bridgehead atoms. The van der Waals surface area contributed by atoms with Crippen LogP contribution in [0.3, 0.4) is 0 Å². The van der Waals surface area contributed by atoms with E-state index in [4.69, 9.17) is 4.42 Å². The van der Waals surface area contributed by atoms with E-state index in [1.54, 1.807) is 17.5 Å². The first-order valence-corrected chi connectivity index (χ1v) is 12.0. The van der Waals surface area contributed by atoms with Crippen molar-refractivity contribution in [2.75, 3.05) is 13.1 Å². The lowest BCUT2D eigenvalue weighted by Crippen LogP contribution is -2.45. The third kappa shape index (κ3) is 3.84. The number of sulfonamides is 1. The Morgan fingerprint density at radius 2 is 2.07 bits per heavy atom. The number of rotatable bonds is 5. The Labute approximate surface area is 174 Å². The number of furan rings is 1. The number of amides is 1. The largest absolute Gasteiger partial charge is 0.459 e. The number of thiophene rings is 1. The van der Waals surface area contributed by atoms with Crippen molar-refractivity contribution < 1.29 is 17.6 Å². The maximum atomic E-state index is 12.9. The van der Waals surface area contributed by atoms with E-state index in [0.29, 0.717) is 23.6 Å². The van der Waals surface area contributed by atoms with E-state index in [2.05, 4.69) is 5.32 Å². The summed E-state index contributed by atoms with van der Waals surface area (Å²) < 4.78 is 33.3. The summed E-state index contributed by atoms with van der Waals surface area (Å²) in [7, 11) is -3.54. The zero-order valence-corrected chi connectivity index (χ0v) is 18.1. The number of aryl methyl sites for hydroxylation is 1. The van der Waals surface area contributed by atoms with Gasteiger partial charge >= 0.3 is 0 Å². The first-order valence-electron chi connectivity index (χ1n) is 9.70. The molecule has 3 aromatic rings. The van der Waals surface area contributed by atoms with Crippen molar-refractivity contribution in [3.63, 3.8) is 0 Å². The highest BCUT2D eigenvalue weighted by atomic mass is 32.2. The maximum absolute atomic E-state index is 12.9. The summed E-state index contributed by atoms with van der Waals surface area (Å²) in [6.45, 7) is 4.53. The predicted octanol–water partition coefficient (Wildman–Crippen LogP) is 4.08. The van der Waals surface area contributed by atoms with Crippen molar-refractivity contribution in [2.24, 2.45) is 5.92 Å².